The van der Waals surface area contributed by atoms with Crippen LogP contribution in [0.4, 0.5) is 10.1 Å². The predicted octanol–water partition coefficient (Wildman–Crippen LogP) is 0.276. The Morgan fingerprint density at radius 2 is 2.00 bits per heavy atom. The van der Waals surface area contributed by atoms with E-state index in [1.807, 2.05) is 0 Å². The van der Waals surface area contributed by atoms with E-state index >= 15 is 0 Å². The fourth-order valence-electron chi connectivity index (χ4n) is 0.489. The Morgan fingerprint density at radius 1 is 1.40 bits per heavy atom. The van der Waals surface area contributed by atoms with E-state index < -0.39 is 5.82 Å². The van der Waals surface area contributed by atoms with Gasteiger partial charge in [0.1, 0.15) is 5.82 Å². The molecule has 0 aliphatic carbocycles. The molecule has 0 saturated carbocycles. The first-order chi connectivity index (χ1) is 4.20. The van der Waals surface area contributed by atoms with E-state index in [-0.39, 0.29) is 74.6 Å². The summed E-state index contributed by atoms with van der Waals surface area (Å²) < 4.78 is 13.0. The Kier molecular flexibility index (Phi) is 5.95. The number of halogens is 2. The zero-order valence-electron chi connectivity index (χ0n) is 5.49. The molecular weight excluding hydrogens is 318 g/mol. The van der Waals surface area contributed by atoms with Gasteiger partial charge in [-0.25, -0.2) is 4.39 Å². The number of rotatable bonds is 0. The molecule has 48 valence electrons. The largest absolute Gasteiger partial charge is 1.00 e. The number of hydrogen-bond donors (Lipinski definition) is 0. The van der Waals surface area contributed by atoms with E-state index in [1.165, 1.54) is 12.1 Å². The molecule has 0 spiro atoms. The molecule has 1 rings (SSSR count). The van der Waals surface area contributed by atoms with Crippen LogP contribution in [0.2, 0.25) is 0 Å². The molecule has 0 fully saturated rings. The number of nitrogens with one attached hydrogen (secondary N) is 1. The van der Waals surface area contributed by atoms with E-state index in [2.05, 4.69) is 15.9 Å². The number of benzene rings is 1. The van der Waals surface area contributed by atoms with Gasteiger partial charge in [-0.2, -0.15) is 0 Å². The molecule has 1 N–H and O–H groups in total. The average Bonchev–Trinajstić information content (AvgIpc) is 1.80. The normalized spacial score (nSPS) is 8.60. The summed E-state index contributed by atoms with van der Waals surface area (Å²) in [6.45, 7) is 0. The maximum atomic E-state index is 12.4. The van der Waals surface area contributed by atoms with Gasteiger partial charge in [-0.05, 0) is 12.1 Å². The number of hydrogen-bond acceptors (Lipinski definition) is 0. The summed E-state index contributed by atoms with van der Waals surface area (Å²) in [6.07, 6.45) is 0. The van der Waals surface area contributed by atoms with Gasteiger partial charge in [0.25, 0.3) is 0 Å². The van der Waals surface area contributed by atoms with E-state index in [4.69, 9.17) is 5.73 Å². The molecular formula is C6H4BrCsFN. The first-order valence-electron chi connectivity index (χ1n) is 2.37. The summed E-state index contributed by atoms with van der Waals surface area (Å²) in [5.74, 6) is -0.496. The second-order valence-corrected chi connectivity index (χ2v) is 2.54. The minimum absolute atomic E-state index is 0. The monoisotopic (exact) mass is 321 g/mol. The minimum Gasteiger partial charge on any atom is -0.696 e. The van der Waals surface area contributed by atoms with E-state index in [9.17, 15) is 4.39 Å². The standard InChI is InChI=1S/C6H4BrFN.Cs/c7-4-1-2-6(9)5(8)3-4;/h1-3,9H;/q-1;+1. The van der Waals surface area contributed by atoms with Crippen molar-refractivity contribution in [3.05, 3.63) is 34.2 Å². The quantitative estimate of drug-likeness (QED) is 0.655. The predicted molar refractivity (Wildman–Crippen MR) is 38.1 cm³/mol. The zero-order valence-corrected chi connectivity index (χ0v) is 13.4. The van der Waals surface area contributed by atoms with Crippen LogP contribution in [0.25, 0.3) is 5.73 Å². The smallest absolute Gasteiger partial charge is 0.696 e. The van der Waals surface area contributed by atoms with Crippen molar-refractivity contribution < 1.29 is 73.3 Å². The summed E-state index contributed by atoms with van der Waals surface area (Å²) in [6, 6.07) is 4.30. The molecule has 0 aliphatic rings. The van der Waals surface area contributed by atoms with Gasteiger partial charge in [0.15, 0.2) is 0 Å². The first kappa shape index (κ1) is 11.5. The van der Waals surface area contributed by atoms with Gasteiger partial charge in [0.2, 0.25) is 0 Å². The summed E-state index contributed by atoms with van der Waals surface area (Å²) in [4.78, 5) is 0. The second-order valence-electron chi connectivity index (χ2n) is 1.62. The Labute approximate surface area is 126 Å². The van der Waals surface area contributed by atoms with E-state index in [0.29, 0.717) is 4.47 Å². The third-order valence-electron chi connectivity index (χ3n) is 0.931. The molecule has 0 aromatic heterocycles. The summed E-state index contributed by atoms with van der Waals surface area (Å²) in [5, 5.41) is 0. The molecule has 0 amide bonds. The fourth-order valence-corrected chi connectivity index (χ4v) is 0.823. The maximum Gasteiger partial charge on any atom is 1.00 e. The van der Waals surface area contributed by atoms with Crippen molar-refractivity contribution in [2.24, 2.45) is 0 Å². The molecule has 10 heavy (non-hydrogen) atoms. The Hall–Kier alpha value is 1.48. The minimum atomic E-state index is -0.496. The zero-order chi connectivity index (χ0) is 6.85. The molecule has 0 bridgehead atoms. The van der Waals surface area contributed by atoms with Crippen LogP contribution in [0, 0.1) is 5.82 Å². The Balaban J connectivity index is 0.000000810. The summed E-state index contributed by atoms with van der Waals surface area (Å²) >= 11 is 3.07. The van der Waals surface area contributed by atoms with Crippen molar-refractivity contribution in [3.63, 3.8) is 0 Å². The Bertz CT molecular complexity index is 229. The van der Waals surface area contributed by atoms with Crippen LogP contribution in [-0.4, -0.2) is 0 Å². The van der Waals surface area contributed by atoms with Crippen LogP contribution in [0.1, 0.15) is 0 Å². The maximum absolute atomic E-state index is 12.4. The first-order valence-corrected chi connectivity index (χ1v) is 3.16. The van der Waals surface area contributed by atoms with Gasteiger partial charge in [-0.15, -0.1) is 5.69 Å². The van der Waals surface area contributed by atoms with Crippen LogP contribution in [-0.2, 0) is 0 Å². The van der Waals surface area contributed by atoms with Gasteiger partial charge in [-0.1, -0.05) is 22.0 Å². The Morgan fingerprint density at radius 3 is 2.40 bits per heavy atom. The molecule has 0 radical (unpaired) electrons. The molecule has 1 aromatic rings. The van der Waals surface area contributed by atoms with Crippen LogP contribution >= 0.6 is 15.9 Å². The molecule has 0 heterocycles. The van der Waals surface area contributed by atoms with Crippen LogP contribution in [0.15, 0.2) is 22.7 Å². The van der Waals surface area contributed by atoms with Gasteiger partial charge < -0.3 is 5.73 Å². The average molecular weight is 322 g/mol. The second kappa shape index (κ2) is 5.18. The van der Waals surface area contributed by atoms with Crippen molar-refractivity contribution in [3.8, 4) is 0 Å². The van der Waals surface area contributed by atoms with Gasteiger partial charge in [0.05, 0.1) is 0 Å². The molecule has 1 nitrogen and oxygen atoms in total. The van der Waals surface area contributed by atoms with Crippen molar-refractivity contribution in [1.82, 2.24) is 0 Å². The molecule has 4 heteroatoms. The van der Waals surface area contributed by atoms with Crippen LogP contribution in [0.5, 0.6) is 0 Å². The van der Waals surface area contributed by atoms with Gasteiger partial charge >= 0.3 is 68.9 Å². The summed E-state index contributed by atoms with van der Waals surface area (Å²) in [5.41, 5.74) is 6.85. The summed E-state index contributed by atoms with van der Waals surface area (Å²) in [7, 11) is 0. The van der Waals surface area contributed by atoms with Crippen LogP contribution in [0.3, 0.4) is 0 Å². The van der Waals surface area contributed by atoms with Crippen molar-refractivity contribution in [2.45, 2.75) is 0 Å². The molecule has 1 aromatic carbocycles. The van der Waals surface area contributed by atoms with Crippen molar-refractivity contribution in [1.29, 1.82) is 0 Å². The SMILES string of the molecule is [Cs+].[NH-]c1ccc(Br)cc1F. The molecule has 0 aliphatic heterocycles. The third-order valence-corrected chi connectivity index (χ3v) is 1.42. The molecule has 0 atom stereocenters. The van der Waals surface area contributed by atoms with Gasteiger partial charge in [-0.3, -0.25) is 0 Å². The molecule has 0 unspecified atom stereocenters. The topological polar surface area (TPSA) is 23.8 Å². The third kappa shape index (κ3) is 3.25. The fraction of sp³-hybridized carbons (Fsp3) is 0. The molecule has 0 saturated heterocycles. The van der Waals surface area contributed by atoms with Crippen molar-refractivity contribution >= 4 is 21.6 Å². The van der Waals surface area contributed by atoms with Gasteiger partial charge in [0, 0.05) is 4.47 Å². The van der Waals surface area contributed by atoms with E-state index in [0.717, 1.165) is 0 Å². The van der Waals surface area contributed by atoms with Crippen LogP contribution < -0.4 is 68.9 Å². The van der Waals surface area contributed by atoms with Crippen molar-refractivity contribution in [2.75, 3.05) is 0 Å². The van der Waals surface area contributed by atoms with E-state index in [1.54, 1.807) is 6.07 Å².